The van der Waals surface area contributed by atoms with Gasteiger partial charge in [-0.2, -0.15) is 0 Å². The van der Waals surface area contributed by atoms with E-state index in [1.807, 2.05) is 38.1 Å². The first-order valence-corrected chi connectivity index (χ1v) is 12.3. The number of carbonyl (C=O) groups excluding carboxylic acids is 3. The lowest BCUT2D eigenvalue weighted by Gasteiger charge is -2.44. The fourth-order valence-electron chi connectivity index (χ4n) is 4.14. The Labute approximate surface area is 203 Å². The number of nitrogens with one attached hydrogen (secondary N) is 2. The minimum absolute atomic E-state index is 0.0455. The van der Waals surface area contributed by atoms with E-state index in [4.69, 9.17) is 4.74 Å². The molecule has 3 amide bonds. The highest BCUT2D eigenvalue weighted by Crippen LogP contribution is 2.34. The molecule has 34 heavy (non-hydrogen) atoms. The van der Waals surface area contributed by atoms with Crippen LogP contribution in [0, 0.1) is 6.92 Å². The average Bonchev–Trinajstić information content (AvgIpc) is 2.69. The minimum Gasteiger partial charge on any atom is -0.444 e. The van der Waals surface area contributed by atoms with Crippen LogP contribution in [0.5, 0.6) is 0 Å². The van der Waals surface area contributed by atoms with E-state index in [2.05, 4.69) is 17.6 Å². The maximum atomic E-state index is 13.8. The van der Waals surface area contributed by atoms with Crippen molar-refractivity contribution in [3.63, 3.8) is 0 Å². The van der Waals surface area contributed by atoms with Gasteiger partial charge in [0, 0.05) is 12.1 Å². The highest BCUT2D eigenvalue weighted by atomic mass is 16.6. The molecular weight excluding hydrogens is 434 g/mol. The molecule has 8 nitrogen and oxygen atoms in total. The maximum absolute atomic E-state index is 13.8. The summed E-state index contributed by atoms with van der Waals surface area (Å²) in [6, 6.07) is 5.23. The van der Waals surface area contributed by atoms with Crippen molar-refractivity contribution in [1.29, 1.82) is 0 Å². The van der Waals surface area contributed by atoms with Gasteiger partial charge in [0.2, 0.25) is 11.8 Å². The quantitative estimate of drug-likeness (QED) is 0.479. The zero-order valence-corrected chi connectivity index (χ0v) is 21.4. The zero-order chi connectivity index (χ0) is 25.5. The highest BCUT2D eigenvalue weighted by molar-refractivity contribution is 5.92. The van der Waals surface area contributed by atoms with Gasteiger partial charge < -0.3 is 25.4 Å². The average molecular weight is 476 g/mol. The molecule has 0 aromatic heterocycles. The van der Waals surface area contributed by atoms with Crippen LogP contribution in [0.4, 0.5) is 4.79 Å². The van der Waals surface area contributed by atoms with Crippen LogP contribution in [0.2, 0.25) is 0 Å². The van der Waals surface area contributed by atoms with Crippen molar-refractivity contribution in [1.82, 2.24) is 15.5 Å². The normalized spacial score (nSPS) is 16.6. The second-order valence-corrected chi connectivity index (χ2v) is 10.2. The molecule has 3 unspecified atom stereocenters. The molecule has 1 aromatic carbocycles. The summed E-state index contributed by atoms with van der Waals surface area (Å²) in [4.78, 5) is 41.3. The fraction of sp³-hybridized carbons (Fsp3) is 0.654. The summed E-state index contributed by atoms with van der Waals surface area (Å²) < 4.78 is 5.28. The molecule has 0 bridgehead atoms. The summed E-state index contributed by atoms with van der Waals surface area (Å²) in [7, 11) is 0. The molecule has 2 rings (SSSR count). The largest absolute Gasteiger partial charge is 0.444 e. The van der Waals surface area contributed by atoms with E-state index in [9.17, 15) is 19.5 Å². The van der Waals surface area contributed by atoms with Gasteiger partial charge in [-0.15, -0.1) is 0 Å². The Balaban J connectivity index is 2.42. The van der Waals surface area contributed by atoms with Crippen LogP contribution in [0.15, 0.2) is 24.3 Å². The number of carbonyl (C=O) groups is 3. The van der Waals surface area contributed by atoms with Crippen LogP contribution in [-0.4, -0.2) is 58.2 Å². The summed E-state index contributed by atoms with van der Waals surface area (Å²) >= 11 is 0. The molecule has 1 aromatic rings. The van der Waals surface area contributed by atoms with Gasteiger partial charge in [0.05, 0.1) is 6.61 Å². The predicted molar refractivity (Wildman–Crippen MR) is 131 cm³/mol. The van der Waals surface area contributed by atoms with Crippen LogP contribution in [0.25, 0.3) is 0 Å². The van der Waals surface area contributed by atoms with Gasteiger partial charge in [0.1, 0.15) is 17.7 Å². The van der Waals surface area contributed by atoms with Gasteiger partial charge in [0.25, 0.3) is 0 Å². The second kappa shape index (κ2) is 12.2. The van der Waals surface area contributed by atoms with Gasteiger partial charge >= 0.3 is 6.09 Å². The third-order valence-corrected chi connectivity index (χ3v) is 6.01. The smallest absolute Gasteiger partial charge is 0.408 e. The molecule has 1 aliphatic carbocycles. The van der Waals surface area contributed by atoms with Gasteiger partial charge in [0.15, 0.2) is 0 Å². The molecule has 3 N–H and O–H groups in total. The van der Waals surface area contributed by atoms with Crippen molar-refractivity contribution in [2.75, 3.05) is 6.61 Å². The van der Waals surface area contributed by atoms with Crippen molar-refractivity contribution < 1.29 is 24.2 Å². The highest BCUT2D eigenvalue weighted by Gasteiger charge is 2.42. The number of hydrogen-bond donors (Lipinski definition) is 3. The number of hydrogen-bond acceptors (Lipinski definition) is 5. The van der Waals surface area contributed by atoms with Crippen molar-refractivity contribution in [3.05, 3.63) is 35.4 Å². The topological polar surface area (TPSA) is 108 Å². The molecule has 0 spiro atoms. The van der Waals surface area contributed by atoms with Crippen LogP contribution >= 0.6 is 0 Å². The molecule has 0 heterocycles. The molecular formula is C26H41N3O5. The molecule has 0 radical (unpaired) electrons. The summed E-state index contributed by atoms with van der Waals surface area (Å²) in [6.45, 7) is 10.5. The number of aryl methyl sites for hydroxylation is 1. The Kier molecular flexibility index (Phi) is 9.91. The Morgan fingerprint density at radius 2 is 1.82 bits per heavy atom. The Bertz CT molecular complexity index is 847. The Morgan fingerprint density at radius 1 is 1.18 bits per heavy atom. The molecule has 1 fully saturated rings. The summed E-state index contributed by atoms with van der Waals surface area (Å²) in [5.74, 6) is -0.755. The van der Waals surface area contributed by atoms with Gasteiger partial charge in [-0.1, -0.05) is 37.6 Å². The fourth-order valence-corrected chi connectivity index (χ4v) is 4.14. The molecule has 0 saturated heterocycles. The van der Waals surface area contributed by atoms with Crippen LogP contribution in [0.1, 0.15) is 83.9 Å². The van der Waals surface area contributed by atoms with E-state index in [1.54, 1.807) is 25.7 Å². The van der Waals surface area contributed by atoms with Gasteiger partial charge in [-0.05, 0) is 71.4 Å². The van der Waals surface area contributed by atoms with Gasteiger partial charge in [-0.3, -0.25) is 9.59 Å². The number of aliphatic hydroxyl groups is 1. The first-order chi connectivity index (χ1) is 16.0. The molecule has 1 saturated carbocycles. The summed E-state index contributed by atoms with van der Waals surface area (Å²) in [6.07, 6.45) is 3.43. The van der Waals surface area contributed by atoms with Crippen molar-refractivity contribution in [3.8, 4) is 0 Å². The minimum atomic E-state index is -1.22. The van der Waals surface area contributed by atoms with Gasteiger partial charge in [-0.25, -0.2) is 4.79 Å². The monoisotopic (exact) mass is 475 g/mol. The molecule has 0 aliphatic heterocycles. The van der Waals surface area contributed by atoms with E-state index >= 15 is 0 Å². The number of alkyl carbamates (subject to hydrolysis) is 1. The van der Waals surface area contributed by atoms with Crippen molar-refractivity contribution in [2.45, 2.75) is 103 Å². The number of benzene rings is 1. The summed E-state index contributed by atoms with van der Waals surface area (Å²) in [5, 5.41) is 15.6. The van der Waals surface area contributed by atoms with E-state index in [0.717, 1.165) is 43.2 Å². The van der Waals surface area contributed by atoms with Crippen LogP contribution in [-0.2, 0) is 14.3 Å². The van der Waals surface area contributed by atoms with E-state index < -0.39 is 36.3 Å². The van der Waals surface area contributed by atoms with E-state index in [-0.39, 0.29) is 18.0 Å². The number of aliphatic hydroxyl groups excluding tert-OH is 1. The first-order valence-electron chi connectivity index (χ1n) is 12.3. The van der Waals surface area contributed by atoms with Crippen molar-refractivity contribution in [2.24, 2.45) is 0 Å². The predicted octanol–water partition coefficient (Wildman–Crippen LogP) is 3.61. The van der Waals surface area contributed by atoms with E-state index in [1.165, 1.54) is 0 Å². The number of amides is 3. The standard InChI is InChI=1S/C26H41N3O5/c1-7-11-18(3)27-23(31)22(20-15-9-8-12-17(20)2)29(19-13-10-14-19)24(32)21(16-30)28-25(33)34-26(4,5)6/h8-9,12,15,18-19,21-22,30H,7,10-11,13-14,16H2,1-6H3,(H,27,31)(H,28,33). The molecule has 3 atom stereocenters. The third-order valence-electron chi connectivity index (χ3n) is 6.01. The molecule has 190 valence electrons. The number of ether oxygens (including phenoxy) is 1. The Hall–Kier alpha value is -2.61. The lowest BCUT2D eigenvalue weighted by molar-refractivity contribution is -0.148. The van der Waals surface area contributed by atoms with Crippen LogP contribution < -0.4 is 10.6 Å². The lowest BCUT2D eigenvalue weighted by Crippen LogP contribution is -2.59. The molecule has 8 heteroatoms. The second-order valence-electron chi connectivity index (χ2n) is 10.2. The van der Waals surface area contributed by atoms with Crippen molar-refractivity contribution >= 4 is 17.9 Å². The number of rotatable bonds is 10. The summed E-state index contributed by atoms with van der Waals surface area (Å²) in [5.41, 5.74) is 0.876. The zero-order valence-electron chi connectivity index (χ0n) is 21.4. The first kappa shape index (κ1) is 27.6. The third kappa shape index (κ3) is 7.45. The van der Waals surface area contributed by atoms with E-state index in [0.29, 0.717) is 0 Å². The molecule has 1 aliphatic rings. The van der Waals surface area contributed by atoms with Crippen LogP contribution in [0.3, 0.4) is 0 Å². The SMILES string of the molecule is CCCC(C)NC(=O)C(c1ccccc1C)N(C(=O)C(CO)NC(=O)OC(C)(C)C)C1CCC1. The Morgan fingerprint density at radius 3 is 2.32 bits per heavy atom. The number of nitrogens with zero attached hydrogens (tertiary/aromatic N) is 1. The lowest BCUT2D eigenvalue weighted by atomic mass is 9.87. The maximum Gasteiger partial charge on any atom is 0.408 e.